The molecule has 0 radical (unpaired) electrons. The zero-order valence-electron chi connectivity index (χ0n) is 14.0. The molecule has 24 heavy (non-hydrogen) atoms. The predicted octanol–water partition coefficient (Wildman–Crippen LogP) is 3.15. The molecule has 2 amide bonds. The summed E-state index contributed by atoms with van der Waals surface area (Å²) in [6.07, 6.45) is 0. The number of rotatable bonds is 5. The molecule has 0 unspecified atom stereocenters. The maximum atomic E-state index is 11.9. The first-order valence-corrected chi connectivity index (χ1v) is 8.12. The minimum Gasteiger partial charge on any atom is -0.336 e. The van der Waals surface area contributed by atoms with Gasteiger partial charge in [0.2, 0.25) is 0 Å². The van der Waals surface area contributed by atoms with Crippen molar-refractivity contribution in [1.29, 1.82) is 0 Å². The smallest absolute Gasteiger partial charge is 0.315 e. The van der Waals surface area contributed by atoms with Gasteiger partial charge in [0.1, 0.15) is 5.82 Å². The summed E-state index contributed by atoms with van der Waals surface area (Å²) in [5.74, 6) is 0.957. The summed E-state index contributed by atoms with van der Waals surface area (Å²) in [5, 5.41) is 5.77. The number of urea groups is 1. The Morgan fingerprint density at radius 1 is 1.04 bits per heavy atom. The van der Waals surface area contributed by atoms with Gasteiger partial charge in [-0.1, -0.05) is 42.0 Å². The van der Waals surface area contributed by atoms with E-state index in [-0.39, 0.29) is 6.03 Å². The van der Waals surface area contributed by atoms with Gasteiger partial charge in [-0.3, -0.25) is 0 Å². The maximum absolute atomic E-state index is 11.9. The normalized spacial score (nSPS) is 10.8. The average molecular weight is 322 g/mol. The Morgan fingerprint density at radius 3 is 2.58 bits per heavy atom. The minimum atomic E-state index is -0.155. The van der Waals surface area contributed by atoms with E-state index in [0.717, 1.165) is 22.4 Å². The molecule has 0 aliphatic carbocycles. The quantitative estimate of drug-likeness (QED) is 0.758. The molecule has 0 saturated heterocycles. The Balaban J connectivity index is 1.49. The largest absolute Gasteiger partial charge is 0.336 e. The number of hydrogen-bond donors (Lipinski definition) is 2. The zero-order chi connectivity index (χ0) is 16.9. The summed E-state index contributed by atoms with van der Waals surface area (Å²) in [6, 6.07) is 16.0. The molecule has 2 aromatic carbocycles. The third kappa shape index (κ3) is 3.74. The van der Waals surface area contributed by atoms with Crippen molar-refractivity contribution in [2.24, 2.45) is 0 Å². The van der Waals surface area contributed by atoms with Crippen LogP contribution in [0.3, 0.4) is 0 Å². The van der Waals surface area contributed by atoms with Crippen LogP contribution in [0, 0.1) is 13.8 Å². The Bertz CT molecular complexity index is 836. The summed E-state index contributed by atoms with van der Waals surface area (Å²) in [6.45, 7) is 5.81. The monoisotopic (exact) mass is 322 g/mol. The van der Waals surface area contributed by atoms with E-state index in [2.05, 4.69) is 20.2 Å². The van der Waals surface area contributed by atoms with Gasteiger partial charge in [0.25, 0.3) is 0 Å². The average Bonchev–Trinajstić information content (AvgIpc) is 2.90. The van der Waals surface area contributed by atoms with Gasteiger partial charge in [0.05, 0.1) is 11.0 Å². The van der Waals surface area contributed by atoms with E-state index in [4.69, 9.17) is 0 Å². The van der Waals surface area contributed by atoms with Crippen LogP contribution in [0.2, 0.25) is 0 Å². The Hall–Kier alpha value is -2.82. The molecule has 0 aliphatic rings. The van der Waals surface area contributed by atoms with E-state index in [9.17, 15) is 4.79 Å². The first-order chi connectivity index (χ1) is 11.6. The molecule has 124 valence electrons. The number of amides is 2. The molecule has 1 heterocycles. The summed E-state index contributed by atoms with van der Waals surface area (Å²) < 4.78 is 2.12. The van der Waals surface area contributed by atoms with E-state index in [1.165, 1.54) is 5.56 Å². The number of carbonyl (C=O) groups is 1. The van der Waals surface area contributed by atoms with Crippen molar-refractivity contribution in [3.05, 3.63) is 65.5 Å². The molecule has 0 bridgehead atoms. The van der Waals surface area contributed by atoms with Crippen LogP contribution < -0.4 is 10.6 Å². The van der Waals surface area contributed by atoms with Crippen LogP contribution >= 0.6 is 0 Å². The molecule has 5 nitrogen and oxygen atoms in total. The van der Waals surface area contributed by atoms with Crippen molar-refractivity contribution in [2.45, 2.75) is 26.9 Å². The van der Waals surface area contributed by atoms with Gasteiger partial charge in [-0.2, -0.15) is 0 Å². The van der Waals surface area contributed by atoms with E-state index < -0.39 is 0 Å². The van der Waals surface area contributed by atoms with Crippen LogP contribution in [0.1, 0.15) is 17.0 Å². The number of aromatic nitrogens is 2. The van der Waals surface area contributed by atoms with Crippen LogP contribution in [-0.4, -0.2) is 22.1 Å². The SMILES string of the molecule is Cc1ccc(CNC(=O)NCCn2c(C)nc3ccccc32)cc1. The summed E-state index contributed by atoms with van der Waals surface area (Å²) in [5.41, 5.74) is 4.38. The van der Waals surface area contributed by atoms with Gasteiger partial charge in [0.15, 0.2) is 0 Å². The van der Waals surface area contributed by atoms with Crippen LogP contribution in [0.15, 0.2) is 48.5 Å². The van der Waals surface area contributed by atoms with Gasteiger partial charge < -0.3 is 15.2 Å². The number of aryl methyl sites for hydroxylation is 2. The lowest BCUT2D eigenvalue weighted by atomic mass is 10.1. The van der Waals surface area contributed by atoms with Crippen LogP contribution in [0.4, 0.5) is 4.79 Å². The summed E-state index contributed by atoms with van der Waals surface area (Å²) in [4.78, 5) is 16.4. The summed E-state index contributed by atoms with van der Waals surface area (Å²) in [7, 11) is 0. The number of hydrogen-bond acceptors (Lipinski definition) is 2. The van der Waals surface area contributed by atoms with E-state index >= 15 is 0 Å². The van der Waals surface area contributed by atoms with E-state index in [1.54, 1.807) is 0 Å². The van der Waals surface area contributed by atoms with Crippen LogP contribution in [0.25, 0.3) is 11.0 Å². The second-order valence-corrected chi connectivity index (χ2v) is 5.89. The van der Waals surface area contributed by atoms with Gasteiger partial charge >= 0.3 is 6.03 Å². The summed E-state index contributed by atoms with van der Waals surface area (Å²) >= 11 is 0. The van der Waals surface area contributed by atoms with Gasteiger partial charge in [0, 0.05) is 19.6 Å². The lowest BCUT2D eigenvalue weighted by molar-refractivity contribution is 0.240. The molecule has 0 atom stereocenters. The zero-order valence-corrected chi connectivity index (χ0v) is 14.0. The van der Waals surface area contributed by atoms with Crippen LogP contribution in [-0.2, 0) is 13.1 Å². The first kappa shape index (κ1) is 16.1. The van der Waals surface area contributed by atoms with Crippen molar-refractivity contribution < 1.29 is 4.79 Å². The highest BCUT2D eigenvalue weighted by atomic mass is 16.2. The fourth-order valence-corrected chi connectivity index (χ4v) is 2.71. The number of nitrogens with one attached hydrogen (secondary N) is 2. The molecule has 0 saturated carbocycles. The van der Waals surface area contributed by atoms with Crippen molar-refractivity contribution in [3.8, 4) is 0 Å². The van der Waals surface area contributed by atoms with Crippen molar-refractivity contribution in [2.75, 3.05) is 6.54 Å². The van der Waals surface area contributed by atoms with Crippen molar-refractivity contribution >= 4 is 17.1 Å². The lowest BCUT2D eigenvalue weighted by Crippen LogP contribution is -2.36. The van der Waals surface area contributed by atoms with Crippen molar-refractivity contribution in [3.63, 3.8) is 0 Å². The van der Waals surface area contributed by atoms with Gasteiger partial charge in [-0.15, -0.1) is 0 Å². The first-order valence-electron chi connectivity index (χ1n) is 8.12. The fraction of sp³-hybridized carbons (Fsp3) is 0.263. The Labute approximate surface area is 141 Å². The standard InChI is InChI=1S/C19H22N4O/c1-14-7-9-16(10-8-14)13-21-19(24)20-11-12-23-15(2)22-17-5-3-4-6-18(17)23/h3-10H,11-13H2,1-2H3,(H2,20,21,24). The Kier molecular flexibility index (Phi) is 4.79. The molecule has 2 N–H and O–H groups in total. The van der Waals surface area contributed by atoms with Crippen molar-refractivity contribution in [1.82, 2.24) is 20.2 Å². The third-order valence-electron chi connectivity index (χ3n) is 4.04. The maximum Gasteiger partial charge on any atom is 0.315 e. The molecule has 3 aromatic rings. The van der Waals surface area contributed by atoms with Gasteiger partial charge in [-0.05, 0) is 31.5 Å². The second kappa shape index (κ2) is 7.17. The Morgan fingerprint density at radius 2 is 1.79 bits per heavy atom. The lowest BCUT2D eigenvalue weighted by Gasteiger charge is -2.10. The molecule has 5 heteroatoms. The number of carbonyl (C=O) groups excluding carboxylic acids is 1. The van der Waals surface area contributed by atoms with E-state index in [1.807, 2.05) is 62.4 Å². The molecular weight excluding hydrogens is 300 g/mol. The number of fused-ring (bicyclic) bond motifs is 1. The van der Waals surface area contributed by atoms with E-state index in [0.29, 0.717) is 19.6 Å². The number of para-hydroxylation sites is 2. The number of imidazole rings is 1. The number of nitrogens with zero attached hydrogens (tertiary/aromatic N) is 2. The predicted molar refractivity (Wildman–Crippen MR) is 95.9 cm³/mol. The van der Waals surface area contributed by atoms with Crippen LogP contribution in [0.5, 0.6) is 0 Å². The topological polar surface area (TPSA) is 59.0 Å². The molecule has 3 rings (SSSR count). The molecule has 0 spiro atoms. The highest BCUT2D eigenvalue weighted by molar-refractivity contribution is 5.76. The third-order valence-corrected chi connectivity index (χ3v) is 4.04. The molecule has 0 fully saturated rings. The molecular formula is C19H22N4O. The highest BCUT2D eigenvalue weighted by Crippen LogP contribution is 2.14. The minimum absolute atomic E-state index is 0.155. The van der Waals surface area contributed by atoms with Gasteiger partial charge in [-0.25, -0.2) is 9.78 Å². The number of benzene rings is 2. The highest BCUT2D eigenvalue weighted by Gasteiger charge is 2.07. The fourth-order valence-electron chi connectivity index (χ4n) is 2.71. The molecule has 1 aromatic heterocycles. The second-order valence-electron chi connectivity index (χ2n) is 5.89. The molecule has 0 aliphatic heterocycles.